The van der Waals surface area contributed by atoms with Crippen LogP contribution < -0.4 is 5.32 Å². The molecule has 7 nitrogen and oxygen atoms in total. The minimum atomic E-state index is -0.430. The van der Waals surface area contributed by atoms with Gasteiger partial charge in [0.2, 0.25) is 5.91 Å². The number of furan rings is 1. The summed E-state index contributed by atoms with van der Waals surface area (Å²) in [5.41, 5.74) is 1.18. The molecule has 0 unspecified atom stereocenters. The third-order valence-electron chi connectivity index (χ3n) is 3.13. The predicted octanol–water partition coefficient (Wildman–Crippen LogP) is 3.53. The van der Waals surface area contributed by atoms with Crippen LogP contribution >= 0.6 is 22.7 Å². The zero-order chi connectivity index (χ0) is 17.8. The van der Waals surface area contributed by atoms with Crippen LogP contribution in [-0.2, 0) is 16.0 Å². The molecule has 0 saturated carbocycles. The molecule has 0 aromatic carbocycles. The molecular formula is C16H15N3O4S2. The summed E-state index contributed by atoms with van der Waals surface area (Å²) in [7, 11) is 0. The highest BCUT2D eigenvalue weighted by atomic mass is 32.1. The number of aryl methyl sites for hydroxylation is 1. The first-order valence-corrected chi connectivity index (χ1v) is 9.19. The van der Waals surface area contributed by atoms with E-state index in [0.717, 1.165) is 16.3 Å². The number of hydrogen-bond donors (Lipinski definition) is 1. The molecular weight excluding hydrogens is 362 g/mol. The van der Waals surface area contributed by atoms with Gasteiger partial charge in [-0.1, -0.05) is 11.3 Å². The summed E-state index contributed by atoms with van der Waals surface area (Å²) in [5, 5.41) is 5.60. The molecule has 3 heterocycles. The number of hydrogen-bond acceptors (Lipinski definition) is 8. The molecule has 3 rings (SSSR count). The number of carbonyl (C=O) groups is 2. The molecule has 0 aliphatic rings. The van der Waals surface area contributed by atoms with Gasteiger partial charge in [-0.15, -0.1) is 11.3 Å². The predicted molar refractivity (Wildman–Crippen MR) is 95.0 cm³/mol. The highest BCUT2D eigenvalue weighted by molar-refractivity contribution is 7.17. The number of esters is 1. The Morgan fingerprint density at radius 1 is 1.36 bits per heavy atom. The van der Waals surface area contributed by atoms with Gasteiger partial charge >= 0.3 is 5.97 Å². The Morgan fingerprint density at radius 2 is 2.20 bits per heavy atom. The summed E-state index contributed by atoms with van der Waals surface area (Å²) in [6.45, 7) is 3.73. The van der Waals surface area contributed by atoms with E-state index in [4.69, 9.17) is 9.15 Å². The number of anilines is 1. The van der Waals surface area contributed by atoms with Gasteiger partial charge < -0.3 is 14.5 Å². The molecule has 0 bridgehead atoms. The molecule has 1 N–H and O–H groups in total. The van der Waals surface area contributed by atoms with Gasteiger partial charge in [-0.2, -0.15) is 0 Å². The van der Waals surface area contributed by atoms with Crippen LogP contribution in [0, 0.1) is 6.92 Å². The van der Waals surface area contributed by atoms with Crippen molar-refractivity contribution in [1.29, 1.82) is 0 Å². The quantitative estimate of drug-likeness (QED) is 0.661. The SMILES string of the molecule is CCOC(=O)c1sc(NC(=O)Cc2csc(-c3ccco3)n2)nc1C. The summed E-state index contributed by atoms with van der Waals surface area (Å²) in [6.07, 6.45) is 1.69. The maximum atomic E-state index is 12.2. The van der Waals surface area contributed by atoms with Crippen molar-refractivity contribution in [1.82, 2.24) is 9.97 Å². The number of nitrogens with one attached hydrogen (secondary N) is 1. The maximum absolute atomic E-state index is 12.2. The average molecular weight is 377 g/mol. The van der Waals surface area contributed by atoms with Crippen molar-refractivity contribution in [3.8, 4) is 10.8 Å². The van der Waals surface area contributed by atoms with Crippen molar-refractivity contribution in [2.45, 2.75) is 20.3 Å². The summed E-state index contributed by atoms with van der Waals surface area (Å²) < 4.78 is 10.2. The molecule has 130 valence electrons. The Labute approximate surface area is 151 Å². The molecule has 0 aliphatic carbocycles. The summed E-state index contributed by atoms with van der Waals surface area (Å²) in [4.78, 5) is 32.9. The molecule has 0 fully saturated rings. The summed E-state index contributed by atoms with van der Waals surface area (Å²) >= 11 is 2.51. The number of thiazole rings is 2. The number of aromatic nitrogens is 2. The number of amides is 1. The molecule has 3 aromatic rings. The first-order chi connectivity index (χ1) is 12.1. The monoisotopic (exact) mass is 377 g/mol. The van der Waals surface area contributed by atoms with E-state index in [1.54, 1.807) is 26.2 Å². The number of ether oxygens (including phenoxy) is 1. The number of rotatable bonds is 6. The van der Waals surface area contributed by atoms with Crippen molar-refractivity contribution in [2.24, 2.45) is 0 Å². The molecule has 3 aromatic heterocycles. The molecule has 0 saturated heterocycles. The van der Waals surface area contributed by atoms with Crippen LogP contribution in [0.4, 0.5) is 5.13 Å². The zero-order valence-corrected chi connectivity index (χ0v) is 15.2. The Hall–Kier alpha value is -2.52. The molecule has 9 heteroatoms. The van der Waals surface area contributed by atoms with Crippen LogP contribution in [0.5, 0.6) is 0 Å². The van der Waals surface area contributed by atoms with Crippen molar-refractivity contribution >= 4 is 39.7 Å². The minimum Gasteiger partial charge on any atom is -0.462 e. The molecule has 0 spiro atoms. The molecule has 0 aliphatic heterocycles. The third-order valence-corrected chi connectivity index (χ3v) is 5.09. The average Bonchev–Trinajstić information content (AvgIpc) is 3.28. The smallest absolute Gasteiger partial charge is 0.350 e. The highest BCUT2D eigenvalue weighted by Crippen LogP contribution is 2.25. The molecule has 0 radical (unpaired) electrons. The van der Waals surface area contributed by atoms with Gasteiger partial charge in [0.1, 0.15) is 4.88 Å². The lowest BCUT2D eigenvalue weighted by atomic mass is 10.3. The Kier molecular flexibility index (Phi) is 5.25. The van der Waals surface area contributed by atoms with Gasteiger partial charge in [-0.3, -0.25) is 4.79 Å². The molecule has 25 heavy (non-hydrogen) atoms. The number of carbonyl (C=O) groups excluding carboxylic acids is 2. The van der Waals surface area contributed by atoms with Crippen LogP contribution in [0.15, 0.2) is 28.2 Å². The molecule has 1 amide bonds. The largest absolute Gasteiger partial charge is 0.462 e. The van der Waals surface area contributed by atoms with E-state index >= 15 is 0 Å². The fourth-order valence-corrected chi connectivity index (χ4v) is 3.73. The second-order valence-corrected chi connectivity index (χ2v) is 6.86. The molecule has 0 atom stereocenters. The summed E-state index contributed by atoms with van der Waals surface area (Å²) in [5.74, 6) is -0.00710. The Balaban J connectivity index is 1.63. The van der Waals surface area contributed by atoms with Gasteiger partial charge in [-0.25, -0.2) is 14.8 Å². The van der Waals surface area contributed by atoms with E-state index in [-0.39, 0.29) is 12.3 Å². The lowest BCUT2D eigenvalue weighted by Crippen LogP contribution is -2.14. The van der Waals surface area contributed by atoms with Crippen LogP contribution in [-0.4, -0.2) is 28.5 Å². The van der Waals surface area contributed by atoms with Gasteiger partial charge in [0, 0.05) is 5.38 Å². The highest BCUT2D eigenvalue weighted by Gasteiger charge is 2.18. The first kappa shape index (κ1) is 17.3. The van der Waals surface area contributed by atoms with Crippen LogP contribution in [0.2, 0.25) is 0 Å². The van der Waals surface area contributed by atoms with E-state index < -0.39 is 5.97 Å². The topological polar surface area (TPSA) is 94.3 Å². The standard InChI is InChI=1S/C16H15N3O4S2/c1-3-22-15(21)13-9(2)17-16(25-13)19-12(20)7-10-8-24-14(18-10)11-5-4-6-23-11/h4-6,8H,3,7H2,1-2H3,(H,17,19,20). The van der Waals surface area contributed by atoms with Crippen molar-refractivity contribution in [3.05, 3.63) is 40.0 Å². The minimum absolute atomic E-state index is 0.116. The fraction of sp³-hybridized carbons (Fsp3) is 0.250. The van der Waals surface area contributed by atoms with E-state index in [2.05, 4.69) is 15.3 Å². The van der Waals surface area contributed by atoms with Gasteiger partial charge in [0.25, 0.3) is 0 Å². The van der Waals surface area contributed by atoms with Crippen molar-refractivity contribution in [3.63, 3.8) is 0 Å². The van der Waals surface area contributed by atoms with Crippen LogP contribution in [0.1, 0.15) is 28.0 Å². The lowest BCUT2D eigenvalue weighted by molar-refractivity contribution is -0.115. The van der Waals surface area contributed by atoms with Gasteiger partial charge in [-0.05, 0) is 26.0 Å². The first-order valence-electron chi connectivity index (χ1n) is 7.49. The Morgan fingerprint density at radius 3 is 2.92 bits per heavy atom. The fourth-order valence-electron chi connectivity index (χ4n) is 2.07. The Bertz CT molecular complexity index is 883. The maximum Gasteiger partial charge on any atom is 0.350 e. The van der Waals surface area contributed by atoms with E-state index in [9.17, 15) is 9.59 Å². The van der Waals surface area contributed by atoms with Crippen LogP contribution in [0.25, 0.3) is 10.8 Å². The van der Waals surface area contributed by atoms with Crippen LogP contribution in [0.3, 0.4) is 0 Å². The van der Waals surface area contributed by atoms with Crippen molar-refractivity contribution in [2.75, 3.05) is 11.9 Å². The summed E-state index contributed by atoms with van der Waals surface area (Å²) in [6, 6.07) is 3.60. The van der Waals surface area contributed by atoms with E-state index in [0.29, 0.717) is 33.8 Å². The second kappa shape index (κ2) is 7.58. The van der Waals surface area contributed by atoms with E-state index in [1.807, 2.05) is 11.4 Å². The van der Waals surface area contributed by atoms with Gasteiger partial charge in [0.05, 0.1) is 30.7 Å². The van der Waals surface area contributed by atoms with Gasteiger partial charge in [0.15, 0.2) is 15.9 Å². The van der Waals surface area contributed by atoms with E-state index in [1.165, 1.54) is 11.3 Å². The van der Waals surface area contributed by atoms with Crippen molar-refractivity contribution < 1.29 is 18.7 Å². The normalized spacial score (nSPS) is 10.6. The second-order valence-electron chi connectivity index (χ2n) is 5.00. The third kappa shape index (κ3) is 4.12. The lowest BCUT2D eigenvalue weighted by Gasteiger charge is -1.99. The zero-order valence-electron chi connectivity index (χ0n) is 13.6. The number of nitrogens with zero attached hydrogens (tertiary/aromatic N) is 2.